The van der Waals surface area contributed by atoms with Crippen LogP contribution >= 0.6 is 11.6 Å². The van der Waals surface area contributed by atoms with Crippen LogP contribution in [0.2, 0.25) is 5.15 Å². The van der Waals surface area contributed by atoms with Gasteiger partial charge < -0.3 is 21.6 Å². The third-order valence-electron chi connectivity index (χ3n) is 4.68. The maximum atomic E-state index is 14.8. The van der Waals surface area contributed by atoms with Crippen LogP contribution in [0, 0.1) is 11.6 Å². The second kappa shape index (κ2) is 10.9. The summed E-state index contributed by atoms with van der Waals surface area (Å²) in [5.41, 5.74) is 7.18. The monoisotopic (exact) mass is 476 g/mol. The van der Waals surface area contributed by atoms with E-state index in [9.17, 15) is 8.78 Å². The molecule has 0 radical (unpaired) electrons. The standard InChI is InChI=1S/C21H23ClF2N8O/c1-28-6-2-8-33-16-4-3-15(18(23)19(16)24)32(27)21(31-26)14-9-13(11-30-20(14)25)12-5-7-29-17(22)10-12/h3-5,7,9-11,28H,2,6,8,26-27H2,1H3,(H2,25,30)/b31-21-. The second-order valence-corrected chi connectivity index (χ2v) is 7.25. The Balaban J connectivity index is 1.92. The minimum Gasteiger partial charge on any atom is -0.490 e. The van der Waals surface area contributed by atoms with Gasteiger partial charge in [-0.15, -0.1) is 0 Å². The molecule has 33 heavy (non-hydrogen) atoms. The number of nitrogens with zero attached hydrogens (tertiary/aromatic N) is 4. The zero-order valence-corrected chi connectivity index (χ0v) is 18.5. The predicted octanol–water partition coefficient (Wildman–Crippen LogP) is 2.65. The number of ether oxygens (including phenoxy) is 1. The van der Waals surface area contributed by atoms with E-state index < -0.39 is 11.6 Å². The summed E-state index contributed by atoms with van der Waals surface area (Å²) in [7, 11) is 1.78. The molecule has 12 heteroatoms. The topological polar surface area (TPSA) is 141 Å². The van der Waals surface area contributed by atoms with Crippen molar-refractivity contribution in [3.05, 3.63) is 65.1 Å². The normalized spacial score (nSPS) is 11.5. The van der Waals surface area contributed by atoms with Gasteiger partial charge in [0.1, 0.15) is 11.0 Å². The van der Waals surface area contributed by atoms with Gasteiger partial charge in [0.05, 0.1) is 17.9 Å². The Morgan fingerprint density at radius 3 is 2.67 bits per heavy atom. The lowest BCUT2D eigenvalue weighted by Gasteiger charge is -2.22. The zero-order chi connectivity index (χ0) is 24.0. The number of hydrazone groups is 1. The van der Waals surface area contributed by atoms with Crippen LogP contribution in [0.1, 0.15) is 12.0 Å². The number of benzene rings is 1. The van der Waals surface area contributed by atoms with Gasteiger partial charge in [-0.2, -0.15) is 9.49 Å². The van der Waals surface area contributed by atoms with Crippen LogP contribution in [0.5, 0.6) is 5.75 Å². The van der Waals surface area contributed by atoms with Crippen molar-refractivity contribution in [2.75, 3.05) is 30.9 Å². The van der Waals surface area contributed by atoms with E-state index in [4.69, 9.17) is 33.8 Å². The fourth-order valence-corrected chi connectivity index (χ4v) is 3.19. The van der Waals surface area contributed by atoms with Crippen molar-refractivity contribution >= 4 is 28.9 Å². The van der Waals surface area contributed by atoms with Gasteiger partial charge in [-0.1, -0.05) is 11.6 Å². The van der Waals surface area contributed by atoms with E-state index in [1.54, 1.807) is 25.2 Å². The molecule has 7 N–H and O–H groups in total. The first kappa shape index (κ1) is 24.1. The first-order chi connectivity index (χ1) is 15.9. The van der Waals surface area contributed by atoms with Crippen molar-refractivity contribution in [2.45, 2.75) is 6.42 Å². The average Bonchev–Trinajstić information content (AvgIpc) is 2.81. The Kier molecular flexibility index (Phi) is 7.93. The fraction of sp³-hybridized carbons (Fsp3) is 0.190. The van der Waals surface area contributed by atoms with Gasteiger partial charge >= 0.3 is 0 Å². The molecule has 2 heterocycles. The number of nitrogens with one attached hydrogen (secondary N) is 1. The lowest BCUT2D eigenvalue weighted by Crippen LogP contribution is -2.40. The fourth-order valence-electron chi connectivity index (χ4n) is 3.02. The molecule has 0 bridgehead atoms. The number of hydrazine groups is 1. The van der Waals surface area contributed by atoms with Crippen molar-refractivity contribution in [1.29, 1.82) is 0 Å². The Labute approximate surface area is 194 Å². The Morgan fingerprint density at radius 2 is 1.97 bits per heavy atom. The highest BCUT2D eigenvalue weighted by Crippen LogP contribution is 2.30. The van der Waals surface area contributed by atoms with E-state index in [1.165, 1.54) is 24.5 Å². The molecule has 174 valence electrons. The molecule has 3 rings (SSSR count). The van der Waals surface area contributed by atoms with Crippen LogP contribution in [0.25, 0.3) is 11.1 Å². The van der Waals surface area contributed by atoms with Gasteiger partial charge in [0.15, 0.2) is 17.4 Å². The molecule has 0 unspecified atom stereocenters. The molecule has 0 amide bonds. The van der Waals surface area contributed by atoms with Gasteiger partial charge in [-0.3, -0.25) is 5.01 Å². The van der Waals surface area contributed by atoms with E-state index in [0.717, 1.165) is 5.01 Å². The van der Waals surface area contributed by atoms with Gasteiger partial charge in [-0.05, 0) is 55.9 Å². The number of hydrogen-bond donors (Lipinski definition) is 4. The number of halogens is 3. The highest BCUT2D eigenvalue weighted by atomic mass is 35.5. The first-order valence-electron chi connectivity index (χ1n) is 9.83. The average molecular weight is 477 g/mol. The summed E-state index contributed by atoms with van der Waals surface area (Å²) in [5.74, 6) is 8.87. The van der Waals surface area contributed by atoms with Gasteiger partial charge in [-0.25, -0.2) is 20.2 Å². The van der Waals surface area contributed by atoms with Gasteiger partial charge in [0.25, 0.3) is 0 Å². The molecule has 0 aliphatic heterocycles. The molecule has 0 fully saturated rings. The quantitative estimate of drug-likeness (QED) is 0.0970. The predicted molar refractivity (Wildman–Crippen MR) is 125 cm³/mol. The summed E-state index contributed by atoms with van der Waals surface area (Å²) in [5, 5.41) is 7.66. The number of amidine groups is 1. The smallest absolute Gasteiger partial charge is 0.202 e. The van der Waals surface area contributed by atoms with Crippen molar-refractivity contribution < 1.29 is 13.5 Å². The molecule has 0 saturated carbocycles. The largest absolute Gasteiger partial charge is 0.490 e. The molecule has 0 atom stereocenters. The third kappa shape index (κ3) is 5.45. The van der Waals surface area contributed by atoms with Crippen LogP contribution in [0.4, 0.5) is 20.3 Å². The molecule has 0 aliphatic rings. The lowest BCUT2D eigenvalue weighted by molar-refractivity contribution is 0.289. The van der Waals surface area contributed by atoms with Crippen LogP contribution in [-0.4, -0.2) is 36.0 Å². The number of nitrogen functional groups attached to an aromatic ring is 1. The number of nitrogens with two attached hydrogens (primary N) is 3. The van der Waals surface area contributed by atoms with E-state index >= 15 is 0 Å². The molecule has 9 nitrogen and oxygen atoms in total. The Morgan fingerprint density at radius 1 is 1.18 bits per heavy atom. The summed E-state index contributed by atoms with van der Waals surface area (Å²) in [6, 6.07) is 7.48. The van der Waals surface area contributed by atoms with E-state index in [2.05, 4.69) is 20.4 Å². The summed E-state index contributed by atoms with van der Waals surface area (Å²) < 4.78 is 34.7. The summed E-state index contributed by atoms with van der Waals surface area (Å²) in [4.78, 5) is 8.07. The Bertz CT molecular complexity index is 1160. The van der Waals surface area contributed by atoms with Crippen molar-refractivity contribution in [3.63, 3.8) is 0 Å². The molecule has 0 aliphatic carbocycles. The number of aromatic nitrogens is 2. The number of anilines is 2. The van der Waals surface area contributed by atoms with Crippen LogP contribution in [-0.2, 0) is 0 Å². The number of pyridine rings is 2. The highest BCUT2D eigenvalue weighted by molar-refractivity contribution is 6.29. The van der Waals surface area contributed by atoms with Crippen LogP contribution in [0.3, 0.4) is 0 Å². The van der Waals surface area contributed by atoms with E-state index in [-0.39, 0.29) is 40.4 Å². The molecule has 1 aromatic carbocycles. The minimum atomic E-state index is -1.23. The molecule has 3 aromatic rings. The molecule has 2 aromatic heterocycles. The van der Waals surface area contributed by atoms with Crippen LogP contribution in [0.15, 0.2) is 47.8 Å². The summed E-state index contributed by atoms with van der Waals surface area (Å²) in [6.45, 7) is 0.891. The molecular formula is C21H23ClF2N8O. The van der Waals surface area contributed by atoms with E-state index in [1.807, 2.05) is 0 Å². The maximum absolute atomic E-state index is 14.8. The summed E-state index contributed by atoms with van der Waals surface area (Å²) in [6.07, 6.45) is 3.67. The van der Waals surface area contributed by atoms with Crippen molar-refractivity contribution in [1.82, 2.24) is 15.3 Å². The Hall–Kier alpha value is -3.54. The summed E-state index contributed by atoms with van der Waals surface area (Å²) >= 11 is 5.96. The highest BCUT2D eigenvalue weighted by Gasteiger charge is 2.23. The third-order valence-corrected chi connectivity index (χ3v) is 4.89. The van der Waals surface area contributed by atoms with Crippen LogP contribution < -0.4 is 32.5 Å². The lowest BCUT2D eigenvalue weighted by atomic mass is 10.1. The van der Waals surface area contributed by atoms with Crippen molar-refractivity contribution in [2.24, 2.45) is 16.8 Å². The molecular weight excluding hydrogens is 454 g/mol. The SMILES string of the molecule is CNCCCOc1ccc(N(N)/C(=N\N)c2cc(-c3ccnc(Cl)c3)cnc2N)c(F)c1F. The van der Waals surface area contributed by atoms with Gasteiger partial charge in [0.2, 0.25) is 5.82 Å². The maximum Gasteiger partial charge on any atom is 0.202 e. The molecule has 0 spiro atoms. The van der Waals surface area contributed by atoms with Crippen molar-refractivity contribution in [3.8, 4) is 16.9 Å². The number of hydrogen-bond acceptors (Lipinski definition) is 8. The first-order valence-corrected chi connectivity index (χ1v) is 10.2. The second-order valence-electron chi connectivity index (χ2n) is 6.86. The minimum absolute atomic E-state index is 0.0314. The van der Waals surface area contributed by atoms with E-state index in [0.29, 0.717) is 24.1 Å². The molecule has 0 saturated heterocycles. The van der Waals surface area contributed by atoms with Gasteiger partial charge in [0, 0.05) is 18.0 Å². The number of rotatable bonds is 8. The zero-order valence-electron chi connectivity index (χ0n) is 17.7.